The van der Waals surface area contributed by atoms with Gasteiger partial charge in [0, 0.05) is 36.0 Å². The lowest BCUT2D eigenvalue weighted by atomic mass is 10.1. The van der Waals surface area contributed by atoms with E-state index in [1.54, 1.807) is 12.1 Å². The summed E-state index contributed by atoms with van der Waals surface area (Å²) in [5.41, 5.74) is 2.05. The molecule has 0 saturated heterocycles. The van der Waals surface area contributed by atoms with Crippen LogP contribution in [0.4, 0.5) is 0 Å². The Morgan fingerprint density at radius 2 is 1.94 bits per heavy atom. The Morgan fingerprint density at radius 1 is 1.31 bits per heavy atom. The van der Waals surface area contributed by atoms with E-state index >= 15 is 0 Å². The third kappa shape index (κ3) is 2.19. The molecule has 1 heterocycles. The van der Waals surface area contributed by atoms with Crippen LogP contribution < -0.4 is 5.43 Å². The Kier molecular flexibility index (Phi) is 3.15. The van der Waals surface area contributed by atoms with Crippen LogP contribution in [0.15, 0.2) is 16.9 Å². The minimum Gasteiger partial charge on any atom is -0.393 e. The fraction of sp³-hybridized carbons (Fsp3) is 0.615. The minimum absolute atomic E-state index is 0.0678. The molecule has 0 spiro atoms. The maximum Gasteiger partial charge on any atom is 0.182 e. The summed E-state index contributed by atoms with van der Waals surface area (Å²) in [7, 11) is 0. The summed E-state index contributed by atoms with van der Waals surface area (Å²) in [5.74, 6) is 0.347. The summed E-state index contributed by atoms with van der Waals surface area (Å²) in [4.78, 5) is 11.3. The van der Waals surface area contributed by atoms with Crippen molar-refractivity contribution in [3.63, 3.8) is 0 Å². The van der Waals surface area contributed by atoms with Gasteiger partial charge in [-0.3, -0.25) is 4.79 Å². The molecule has 1 saturated carbocycles. The predicted molar refractivity (Wildman–Crippen MR) is 63.5 cm³/mol. The molecule has 0 aliphatic heterocycles. The van der Waals surface area contributed by atoms with Crippen LogP contribution in [0.1, 0.15) is 30.7 Å². The molecule has 2 unspecified atom stereocenters. The van der Waals surface area contributed by atoms with Gasteiger partial charge in [-0.15, -0.1) is 0 Å². The topological polar surface area (TPSA) is 42.2 Å². The number of pyridine rings is 1. The second-order valence-corrected chi connectivity index (χ2v) is 4.84. The second-order valence-electron chi connectivity index (χ2n) is 4.84. The van der Waals surface area contributed by atoms with Gasteiger partial charge in [-0.05, 0) is 26.7 Å². The molecule has 0 aromatic carbocycles. The number of nitrogens with zero attached hydrogens (tertiary/aromatic N) is 1. The Bertz CT molecular complexity index is 410. The average molecular weight is 221 g/mol. The van der Waals surface area contributed by atoms with Crippen molar-refractivity contribution in [2.24, 2.45) is 5.92 Å². The summed E-state index contributed by atoms with van der Waals surface area (Å²) in [6.45, 7) is 4.74. The number of hydrogen-bond donors (Lipinski definition) is 1. The van der Waals surface area contributed by atoms with Crippen LogP contribution in [0.25, 0.3) is 0 Å². The molecule has 1 N–H and O–H groups in total. The molecular weight excluding hydrogens is 202 g/mol. The van der Waals surface area contributed by atoms with E-state index in [9.17, 15) is 9.90 Å². The van der Waals surface area contributed by atoms with Gasteiger partial charge in [0.15, 0.2) is 5.43 Å². The predicted octanol–water partition coefficient (Wildman–Crippen LogP) is 1.63. The van der Waals surface area contributed by atoms with E-state index in [-0.39, 0.29) is 11.5 Å². The van der Waals surface area contributed by atoms with E-state index in [2.05, 4.69) is 4.57 Å². The van der Waals surface area contributed by atoms with Crippen molar-refractivity contribution in [3.8, 4) is 0 Å². The molecule has 2 rings (SSSR count). The van der Waals surface area contributed by atoms with Crippen molar-refractivity contribution in [1.82, 2.24) is 4.57 Å². The largest absolute Gasteiger partial charge is 0.393 e. The van der Waals surface area contributed by atoms with Gasteiger partial charge in [0.05, 0.1) is 6.10 Å². The summed E-state index contributed by atoms with van der Waals surface area (Å²) >= 11 is 0. The molecule has 0 bridgehead atoms. The third-order valence-electron chi connectivity index (χ3n) is 3.59. The van der Waals surface area contributed by atoms with Crippen molar-refractivity contribution in [3.05, 3.63) is 33.7 Å². The smallest absolute Gasteiger partial charge is 0.182 e. The van der Waals surface area contributed by atoms with Crippen LogP contribution in [-0.4, -0.2) is 15.8 Å². The van der Waals surface area contributed by atoms with Gasteiger partial charge < -0.3 is 9.67 Å². The lowest BCUT2D eigenvalue weighted by Gasteiger charge is -2.20. The van der Waals surface area contributed by atoms with Gasteiger partial charge >= 0.3 is 0 Å². The van der Waals surface area contributed by atoms with Crippen molar-refractivity contribution in [1.29, 1.82) is 0 Å². The van der Waals surface area contributed by atoms with E-state index in [4.69, 9.17) is 0 Å². The van der Waals surface area contributed by atoms with Gasteiger partial charge in [0.1, 0.15) is 0 Å². The first-order valence-electron chi connectivity index (χ1n) is 5.94. The monoisotopic (exact) mass is 221 g/mol. The molecule has 3 heteroatoms. The molecule has 1 aromatic rings. The molecule has 0 radical (unpaired) electrons. The highest BCUT2D eigenvalue weighted by atomic mass is 16.3. The molecule has 1 aliphatic carbocycles. The molecule has 0 amide bonds. The standard InChI is InChI=1S/C13H19NO2/c1-9-6-12(15)7-10(2)14(9)8-11-4-3-5-13(11)16/h6-7,11,13,16H,3-5,8H2,1-2H3. The summed E-state index contributed by atoms with van der Waals surface area (Å²) in [5, 5.41) is 9.81. The SMILES string of the molecule is Cc1cc(=O)cc(C)n1CC1CCCC1O. The van der Waals surface area contributed by atoms with Crippen molar-refractivity contribution < 1.29 is 5.11 Å². The number of aryl methyl sites for hydroxylation is 2. The highest BCUT2D eigenvalue weighted by molar-refractivity contribution is 5.12. The van der Waals surface area contributed by atoms with Gasteiger partial charge in [0.2, 0.25) is 0 Å². The Morgan fingerprint density at radius 3 is 2.44 bits per heavy atom. The third-order valence-corrected chi connectivity index (χ3v) is 3.59. The summed E-state index contributed by atoms with van der Waals surface area (Å²) in [6, 6.07) is 3.32. The molecule has 2 atom stereocenters. The number of aromatic nitrogens is 1. The molecule has 1 aliphatic rings. The van der Waals surface area contributed by atoms with Gasteiger partial charge in [-0.25, -0.2) is 0 Å². The Labute approximate surface area is 95.7 Å². The van der Waals surface area contributed by atoms with E-state index in [1.165, 1.54) is 0 Å². The zero-order valence-corrected chi connectivity index (χ0v) is 9.94. The quantitative estimate of drug-likeness (QED) is 0.824. The molecular formula is C13H19NO2. The van der Waals surface area contributed by atoms with Gasteiger partial charge in [-0.1, -0.05) is 6.42 Å². The molecule has 88 valence electrons. The molecule has 16 heavy (non-hydrogen) atoms. The van der Waals surface area contributed by atoms with Gasteiger partial charge in [0.25, 0.3) is 0 Å². The van der Waals surface area contributed by atoms with Crippen LogP contribution in [0, 0.1) is 19.8 Å². The first-order valence-corrected chi connectivity index (χ1v) is 5.94. The first kappa shape index (κ1) is 11.4. The number of aliphatic hydroxyl groups excluding tert-OH is 1. The Hall–Kier alpha value is -1.09. The lowest BCUT2D eigenvalue weighted by molar-refractivity contribution is 0.122. The van der Waals surface area contributed by atoms with E-state index in [0.29, 0.717) is 5.92 Å². The summed E-state index contributed by atoms with van der Waals surface area (Å²) < 4.78 is 2.14. The average Bonchev–Trinajstić information content (AvgIpc) is 2.57. The Balaban J connectivity index is 2.24. The highest BCUT2D eigenvalue weighted by Crippen LogP contribution is 2.27. The highest BCUT2D eigenvalue weighted by Gasteiger charge is 2.25. The van der Waals surface area contributed by atoms with Crippen LogP contribution in [-0.2, 0) is 6.54 Å². The second kappa shape index (κ2) is 4.42. The zero-order chi connectivity index (χ0) is 11.7. The van der Waals surface area contributed by atoms with Crippen molar-refractivity contribution in [2.75, 3.05) is 0 Å². The normalized spacial score (nSPS) is 24.9. The van der Waals surface area contributed by atoms with Crippen molar-refractivity contribution >= 4 is 0 Å². The maximum absolute atomic E-state index is 11.3. The number of aliphatic hydroxyl groups is 1. The fourth-order valence-corrected chi connectivity index (χ4v) is 2.64. The van der Waals surface area contributed by atoms with Crippen LogP contribution in [0.3, 0.4) is 0 Å². The van der Waals surface area contributed by atoms with Gasteiger partial charge in [-0.2, -0.15) is 0 Å². The zero-order valence-electron chi connectivity index (χ0n) is 9.94. The van der Waals surface area contributed by atoms with E-state index in [0.717, 1.165) is 37.2 Å². The van der Waals surface area contributed by atoms with Crippen LogP contribution in [0.5, 0.6) is 0 Å². The minimum atomic E-state index is -0.168. The fourth-order valence-electron chi connectivity index (χ4n) is 2.64. The lowest BCUT2D eigenvalue weighted by Crippen LogP contribution is -2.23. The first-order chi connectivity index (χ1) is 7.58. The van der Waals surface area contributed by atoms with Crippen LogP contribution in [0.2, 0.25) is 0 Å². The molecule has 3 nitrogen and oxygen atoms in total. The van der Waals surface area contributed by atoms with Crippen LogP contribution >= 0.6 is 0 Å². The van der Waals surface area contributed by atoms with Crippen molar-refractivity contribution in [2.45, 2.75) is 45.8 Å². The summed E-state index contributed by atoms with van der Waals surface area (Å²) in [6.07, 6.45) is 2.96. The molecule has 1 aromatic heterocycles. The maximum atomic E-state index is 11.3. The van der Waals surface area contributed by atoms with E-state index < -0.39 is 0 Å². The van der Waals surface area contributed by atoms with E-state index in [1.807, 2.05) is 13.8 Å². The number of rotatable bonds is 2. The molecule has 1 fully saturated rings. The number of hydrogen-bond acceptors (Lipinski definition) is 2.